The molecular weight excluding hydrogens is 262 g/mol. The molecule has 0 heterocycles. The molecule has 0 aliphatic rings. The summed E-state index contributed by atoms with van der Waals surface area (Å²) in [6.45, 7) is 1.85. The summed E-state index contributed by atoms with van der Waals surface area (Å²) in [6, 6.07) is 6.89. The number of ether oxygens (including phenoxy) is 1. The first kappa shape index (κ1) is 16.2. The van der Waals surface area contributed by atoms with Gasteiger partial charge >= 0.3 is 0 Å². The van der Waals surface area contributed by atoms with E-state index in [1.807, 2.05) is 0 Å². The Labute approximate surface area is 117 Å². The molecule has 20 heavy (non-hydrogen) atoms. The molecule has 0 radical (unpaired) electrons. The zero-order chi connectivity index (χ0) is 15.0. The molecule has 0 aliphatic heterocycles. The second kappa shape index (κ2) is 8.31. The van der Waals surface area contributed by atoms with Crippen LogP contribution in [0.2, 0.25) is 0 Å². The third kappa shape index (κ3) is 5.00. The Morgan fingerprint density at radius 1 is 1.50 bits per heavy atom. The van der Waals surface area contributed by atoms with Crippen LogP contribution in [0, 0.1) is 5.92 Å². The third-order valence-electron chi connectivity index (χ3n) is 2.72. The van der Waals surface area contributed by atoms with E-state index in [2.05, 4.69) is 0 Å². The fraction of sp³-hybridized carbons (Fsp3) is 0.357. The van der Waals surface area contributed by atoms with Gasteiger partial charge in [0, 0.05) is 12.0 Å². The first-order valence-electron chi connectivity index (χ1n) is 6.22. The summed E-state index contributed by atoms with van der Waals surface area (Å²) in [5.41, 5.74) is 2.12. The molecule has 0 unspecified atom stereocenters. The van der Waals surface area contributed by atoms with Gasteiger partial charge in [-0.05, 0) is 17.7 Å². The van der Waals surface area contributed by atoms with E-state index >= 15 is 0 Å². The van der Waals surface area contributed by atoms with Crippen molar-refractivity contribution in [3.8, 4) is 5.75 Å². The first-order valence-corrected chi connectivity index (χ1v) is 6.22. The number of carbonyl (C=O) groups is 1. The molecule has 1 aromatic rings. The van der Waals surface area contributed by atoms with Crippen molar-refractivity contribution in [3.05, 3.63) is 42.0 Å². The van der Waals surface area contributed by atoms with Crippen molar-refractivity contribution in [3.63, 3.8) is 0 Å². The van der Waals surface area contributed by atoms with E-state index in [4.69, 9.17) is 15.1 Å². The molecule has 110 valence electrons. The average Bonchev–Trinajstić information content (AvgIpc) is 2.49. The molecule has 4 N–H and O–H groups in total. The van der Waals surface area contributed by atoms with Crippen molar-refractivity contribution >= 4 is 5.91 Å². The Hall–Kier alpha value is -1.89. The SMILES string of the molecule is C[C@@H](/C=C/C(=O)NO)[C@@H](O)c1cccc(OCCO)c1. The number of nitrogens with one attached hydrogen (secondary N) is 1. The van der Waals surface area contributed by atoms with Gasteiger partial charge in [-0.1, -0.05) is 25.1 Å². The van der Waals surface area contributed by atoms with Crippen LogP contribution in [-0.4, -0.2) is 34.5 Å². The molecule has 0 spiro atoms. The van der Waals surface area contributed by atoms with Gasteiger partial charge in [0.15, 0.2) is 0 Å². The number of hydroxylamine groups is 1. The quantitative estimate of drug-likeness (QED) is 0.336. The highest BCUT2D eigenvalue weighted by atomic mass is 16.5. The molecule has 6 nitrogen and oxygen atoms in total. The molecule has 0 bridgehead atoms. The van der Waals surface area contributed by atoms with Gasteiger partial charge in [0.2, 0.25) is 0 Å². The van der Waals surface area contributed by atoms with Gasteiger partial charge in [-0.15, -0.1) is 0 Å². The molecular formula is C14H19NO5. The number of hydrogen-bond acceptors (Lipinski definition) is 5. The fourth-order valence-electron chi connectivity index (χ4n) is 1.64. The monoisotopic (exact) mass is 281 g/mol. The van der Waals surface area contributed by atoms with E-state index in [1.165, 1.54) is 11.6 Å². The lowest BCUT2D eigenvalue weighted by molar-refractivity contribution is -0.124. The molecule has 1 aromatic carbocycles. The van der Waals surface area contributed by atoms with Gasteiger partial charge in [0.1, 0.15) is 12.4 Å². The molecule has 0 aromatic heterocycles. The minimum absolute atomic E-state index is 0.0812. The Balaban J connectivity index is 2.72. The number of carbonyl (C=O) groups excluding carboxylic acids is 1. The van der Waals surface area contributed by atoms with Crippen molar-refractivity contribution in [1.82, 2.24) is 5.48 Å². The first-order chi connectivity index (χ1) is 9.58. The van der Waals surface area contributed by atoms with E-state index < -0.39 is 12.0 Å². The van der Waals surface area contributed by atoms with E-state index in [9.17, 15) is 9.90 Å². The molecule has 0 saturated carbocycles. The van der Waals surface area contributed by atoms with Crippen molar-refractivity contribution < 1.29 is 25.0 Å². The summed E-state index contributed by atoms with van der Waals surface area (Å²) in [7, 11) is 0. The van der Waals surface area contributed by atoms with Gasteiger partial charge < -0.3 is 14.9 Å². The second-order valence-corrected chi connectivity index (χ2v) is 4.28. The van der Waals surface area contributed by atoms with Crippen LogP contribution in [0.25, 0.3) is 0 Å². The molecule has 6 heteroatoms. The highest BCUT2D eigenvalue weighted by molar-refractivity contribution is 5.86. The van der Waals surface area contributed by atoms with E-state index in [-0.39, 0.29) is 19.1 Å². The predicted octanol–water partition coefficient (Wildman–Crippen LogP) is 0.789. The summed E-state index contributed by atoms with van der Waals surface area (Å²) in [6.07, 6.45) is 1.84. The fourth-order valence-corrected chi connectivity index (χ4v) is 1.64. The number of aliphatic hydroxyl groups excluding tert-OH is 2. The second-order valence-electron chi connectivity index (χ2n) is 4.28. The van der Waals surface area contributed by atoms with Crippen molar-refractivity contribution in [2.45, 2.75) is 13.0 Å². The van der Waals surface area contributed by atoms with Crippen molar-refractivity contribution in [1.29, 1.82) is 0 Å². The maximum absolute atomic E-state index is 10.9. The van der Waals surface area contributed by atoms with E-state index in [0.29, 0.717) is 11.3 Å². The van der Waals surface area contributed by atoms with Crippen LogP contribution in [0.15, 0.2) is 36.4 Å². The van der Waals surface area contributed by atoms with Crippen LogP contribution >= 0.6 is 0 Å². The summed E-state index contributed by atoms with van der Waals surface area (Å²) < 4.78 is 5.27. The minimum Gasteiger partial charge on any atom is -0.491 e. The van der Waals surface area contributed by atoms with Crippen LogP contribution in [-0.2, 0) is 4.79 Å². The topological polar surface area (TPSA) is 99.0 Å². The van der Waals surface area contributed by atoms with Gasteiger partial charge in [-0.2, -0.15) is 0 Å². The van der Waals surface area contributed by atoms with Gasteiger partial charge in [0.05, 0.1) is 12.7 Å². The Morgan fingerprint density at radius 3 is 2.90 bits per heavy atom. The zero-order valence-electron chi connectivity index (χ0n) is 11.2. The van der Waals surface area contributed by atoms with E-state index in [0.717, 1.165) is 6.08 Å². The maximum atomic E-state index is 10.9. The Bertz CT molecular complexity index is 461. The lowest BCUT2D eigenvalue weighted by Crippen LogP contribution is -2.16. The molecule has 2 atom stereocenters. The highest BCUT2D eigenvalue weighted by Crippen LogP contribution is 2.25. The lowest BCUT2D eigenvalue weighted by atomic mass is 9.97. The number of hydrogen-bond donors (Lipinski definition) is 4. The summed E-state index contributed by atoms with van der Waals surface area (Å²) in [5.74, 6) is -0.413. The van der Waals surface area contributed by atoms with Crippen molar-refractivity contribution in [2.24, 2.45) is 5.92 Å². The number of aliphatic hydroxyl groups is 2. The van der Waals surface area contributed by atoms with E-state index in [1.54, 1.807) is 31.2 Å². The maximum Gasteiger partial charge on any atom is 0.267 e. The third-order valence-corrected chi connectivity index (χ3v) is 2.72. The van der Waals surface area contributed by atoms with Crippen LogP contribution in [0.4, 0.5) is 0 Å². The van der Waals surface area contributed by atoms with Gasteiger partial charge in [-0.3, -0.25) is 10.0 Å². The van der Waals surface area contributed by atoms with Crippen LogP contribution in [0.1, 0.15) is 18.6 Å². The highest BCUT2D eigenvalue weighted by Gasteiger charge is 2.14. The summed E-state index contributed by atoms with van der Waals surface area (Å²) in [4.78, 5) is 10.9. The standard InChI is InChI=1S/C14H19NO5/c1-10(5-6-13(17)15-19)14(18)11-3-2-4-12(9-11)20-8-7-16/h2-6,9-10,14,16,18-19H,7-8H2,1H3,(H,15,17)/b6-5+/t10-,14+/m0/s1. The normalized spacial score (nSPS) is 14.0. The van der Waals surface area contributed by atoms with Crippen LogP contribution < -0.4 is 10.2 Å². The molecule has 0 fully saturated rings. The number of amides is 1. The Morgan fingerprint density at radius 2 is 2.25 bits per heavy atom. The van der Waals surface area contributed by atoms with Gasteiger partial charge in [-0.25, -0.2) is 5.48 Å². The molecule has 0 saturated heterocycles. The Kier molecular flexibility index (Phi) is 6.72. The van der Waals surface area contributed by atoms with Gasteiger partial charge in [0.25, 0.3) is 5.91 Å². The largest absolute Gasteiger partial charge is 0.491 e. The number of benzene rings is 1. The van der Waals surface area contributed by atoms with Crippen LogP contribution in [0.3, 0.4) is 0 Å². The zero-order valence-corrected chi connectivity index (χ0v) is 11.2. The van der Waals surface area contributed by atoms with Crippen molar-refractivity contribution in [2.75, 3.05) is 13.2 Å². The minimum atomic E-state index is -0.810. The summed E-state index contributed by atoms with van der Waals surface area (Å²) in [5, 5.41) is 27.2. The molecule has 0 aliphatic carbocycles. The lowest BCUT2D eigenvalue weighted by Gasteiger charge is -2.16. The molecule has 1 rings (SSSR count). The predicted molar refractivity (Wildman–Crippen MR) is 72.2 cm³/mol. The summed E-state index contributed by atoms with van der Waals surface area (Å²) >= 11 is 0. The smallest absolute Gasteiger partial charge is 0.267 e. The van der Waals surface area contributed by atoms with Crippen LogP contribution in [0.5, 0.6) is 5.75 Å². The number of rotatable bonds is 7. The molecule has 1 amide bonds. The average molecular weight is 281 g/mol.